The van der Waals surface area contributed by atoms with E-state index in [1.54, 1.807) is 24.3 Å². The van der Waals surface area contributed by atoms with Gasteiger partial charge < -0.3 is 10.6 Å². The molecule has 1 unspecified atom stereocenters. The third kappa shape index (κ3) is 4.76. The van der Waals surface area contributed by atoms with Crippen LogP contribution < -0.4 is 5.73 Å². The van der Waals surface area contributed by atoms with E-state index in [0.717, 1.165) is 30.7 Å². The minimum absolute atomic E-state index is 0.0103. The SMILES string of the molecule is N[C@H](Cc1cc(F)c(F)cc1F)C1C[C@H]2CC[C@@H](C1)N2C(=O)c1cccc(CN2C(=O)CSC2=O)c1. The molecule has 190 valence electrons. The standard InChI is InChI=1S/C26H26F3N3O3S/c27-20-11-22(29)21(28)9-16(20)10-23(30)17-7-18-4-5-19(8-17)32(18)25(34)15-3-1-2-14(6-15)12-31-24(33)13-36-26(31)35/h1-3,6,9,11,17-19,23H,4-5,7-8,10,12-13,30H2/t17?,18-,19+,23-/m1/s1. The van der Waals surface area contributed by atoms with E-state index in [-0.39, 0.29) is 59.3 Å². The first kappa shape index (κ1) is 24.8. The van der Waals surface area contributed by atoms with E-state index in [2.05, 4.69) is 0 Å². The van der Waals surface area contributed by atoms with E-state index in [9.17, 15) is 27.6 Å². The predicted molar refractivity (Wildman–Crippen MR) is 129 cm³/mol. The lowest BCUT2D eigenvalue weighted by Gasteiger charge is -2.41. The molecule has 2 N–H and O–H groups in total. The first-order valence-electron chi connectivity index (χ1n) is 12.0. The van der Waals surface area contributed by atoms with E-state index in [1.165, 1.54) is 4.90 Å². The van der Waals surface area contributed by atoms with Crippen LogP contribution in [0.4, 0.5) is 18.0 Å². The topological polar surface area (TPSA) is 83.7 Å². The predicted octanol–water partition coefficient (Wildman–Crippen LogP) is 4.25. The summed E-state index contributed by atoms with van der Waals surface area (Å²) in [6.07, 6.45) is 3.08. The van der Waals surface area contributed by atoms with Crippen LogP contribution in [0.5, 0.6) is 0 Å². The van der Waals surface area contributed by atoms with Crippen LogP contribution in [-0.2, 0) is 17.8 Å². The van der Waals surface area contributed by atoms with Crippen molar-refractivity contribution in [1.82, 2.24) is 9.80 Å². The van der Waals surface area contributed by atoms with Crippen molar-refractivity contribution in [2.75, 3.05) is 5.75 Å². The Kier molecular flexibility index (Phi) is 6.82. The van der Waals surface area contributed by atoms with Crippen molar-refractivity contribution >= 4 is 28.8 Å². The molecule has 2 aromatic carbocycles. The highest BCUT2D eigenvalue weighted by molar-refractivity contribution is 8.14. The van der Waals surface area contributed by atoms with Crippen LogP contribution in [0.15, 0.2) is 36.4 Å². The first-order valence-corrected chi connectivity index (χ1v) is 13.0. The zero-order chi connectivity index (χ0) is 25.6. The lowest BCUT2D eigenvalue weighted by Crippen LogP contribution is -2.50. The third-order valence-electron chi connectivity index (χ3n) is 7.51. The molecule has 0 radical (unpaired) electrons. The van der Waals surface area contributed by atoms with Crippen LogP contribution in [-0.4, -0.2) is 50.7 Å². The number of carbonyl (C=O) groups excluding carboxylic acids is 3. The highest BCUT2D eigenvalue weighted by atomic mass is 32.2. The molecule has 3 aliphatic rings. The summed E-state index contributed by atoms with van der Waals surface area (Å²) < 4.78 is 41.0. The molecule has 0 saturated carbocycles. The summed E-state index contributed by atoms with van der Waals surface area (Å²) in [6.45, 7) is 0.135. The van der Waals surface area contributed by atoms with Gasteiger partial charge in [-0.05, 0) is 67.3 Å². The molecule has 10 heteroatoms. The molecular formula is C26H26F3N3O3S. The van der Waals surface area contributed by atoms with Crippen molar-refractivity contribution in [3.63, 3.8) is 0 Å². The number of piperidine rings is 1. The quantitative estimate of drug-likeness (QED) is 0.580. The number of imide groups is 1. The lowest BCUT2D eigenvalue weighted by molar-refractivity contribution is -0.125. The fraction of sp³-hybridized carbons (Fsp3) is 0.423. The number of benzene rings is 2. The summed E-state index contributed by atoms with van der Waals surface area (Å²) in [4.78, 5) is 40.4. The number of fused-ring (bicyclic) bond motifs is 2. The first-order chi connectivity index (χ1) is 17.2. The second-order valence-corrected chi connectivity index (χ2v) is 10.7. The highest BCUT2D eigenvalue weighted by Gasteiger charge is 2.44. The van der Waals surface area contributed by atoms with Gasteiger partial charge >= 0.3 is 0 Å². The summed E-state index contributed by atoms with van der Waals surface area (Å²) in [6, 6.07) is 7.96. The summed E-state index contributed by atoms with van der Waals surface area (Å²) in [5.74, 6) is -3.31. The zero-order valence-corrected chi connectivity index (χ0v) is 20.3. The molecule has 3 saturated heterocycles. The molecule has 6 nitrogen and oxygen atoms in total. The van der Waals surface area contributed by atoms with Crippen LogP contribution in [0.2, 0.25) is 0 Å². The van der Waals surface area contributed by atoms with Crippen molar-refractivity contribution in [1.29, 1.82) is 0 Å². The summed E-state index contributed by atoms with van der Waals surface area (Å²) in [5, 5.41) is -0.281. The Balaban J connectivity index is 1.26. The van der Waals surface area contributed by atoms with Gasteiger partial charge in [0, 0.05) is 29.8 Å². The maximum atomic E-state index is 14.1. The van der Waals surface area contributed by atoms with Gasteiger partial charge in [-0.15, -0.1) is 0 Å². The second-order valence-electron chi connectivity index (χ2n) is 9.79. The smallest absolute Gasteiger partial charge is 0.289 e. The Morgan fingerprint density at radius 1 is 1.03 bits per heavy atom. The molecule has 3 aliphatic heterocycles. The maximum absolute atomic E-state index is 14.1. The summed E-state index contributed by atoms with van der Waals surface area (Å²) in [5.41, 5.74) is 7.66. The van der Waals surface area contributed by atoms with E-state index in [1.807, 2.05) is 4.90 Å². The maximum Gasteiger partial charge on any atom is 0.289 e. The second kappa shape index (κ2) is 9.89. The fourth-order valence-electron chi connectivity index (χ4n) is 5.71. The Bertz CT molecular complexity index is 1200. The van der Waals surface area contributed by atoms with Gasteiger partial charge in [0.25, 0.3) is 11.1 Å². The molecule has 5 rings (SSSR count). The number of carbonyl (C=O) groups is 3. The van der Waals surface area contributed by atoms with Crippen LogP contribution in [0.1, 0.15) is 47.2 Å². The molecule has 0 aliphatic carbocycles. The Hall–Kier alpha value is -2.85. The highest BCUT2D eigenvalue weighted by Crippen LogP contribution is 2.41. The minimum Gasteiger partial charge on any atom is -0.333 e. The molecule has 2 aromatic rings. The van der Waals surface area contributed by atoms with E-state index < -0.39 is 23.5 Å². The van der Waals surface area contributed by atoms with Crippen LogP contribution in [0, 0.1) is 23.4 Å². The molecule has 2 bridgehead atoms. The Morgan fingerprint density at radius 3 is 2.39 bits per heavy atom. The average molecular weight is 518 g/mol. The van der Waals surface area contributed by atoms with Gasteiger partial charge in [-0.1, -0.05) is 23.9 Å². The molecular weight excluding hydrogens is 491 g/mol. The van der Waals surface area contributed by atoms with Gasteiger partial charge in [0.1, 0.15) is 5.82 Å². The third-order valence-corrected chi connectivity index (χ3v) is 8.37. The van der Waals surface area contributed by atoms with E-state index in [4.69, 9.17) is 5.73 Å². The van der Waals surface area contributed by atoms with E-state index in [0.29, 0.717) is 30.0 Å². The van der Waals surface area contributed by atoms with Crippen LogP contribution in [0.3, 0.4) is 0 Å². The zero-order valence-electron chi connectivity index (χ0n) is 19.5. The molecule has 0 spiro atoms. The van der Waals surface area contributed by atoms with Gasteiger partial charge in [0.05, 0.1) is 12.3 Å². The number of amides is 3. The van der Waals surface area contributed by atoms with Crippen molar-refractivity contribution in [3.8, 4) is 0 Å². The van der Waals surface area contributed by atoms with Crippen LogP contribution >= 0.6 is 11.8 Å². The fourth-order valence-corrected chi connectivity index (χ4v) is 6.43. The number of thioether (sulfide) groups is 1. The minimum atomic E-state index is -1.23. The summed E-state index contributed by atoms with van der Waals surface area (Å²) >= 11 is 0.976. The van der Waals surface area contributed by atoms with Gasteiger partial charge in [-0.3, -0.25) is 19.3 Å². The Labute approximate surface area is 211 Å². The van der Waals surface area contributed by atoms with Crippen molar-refractivity contribution < 1.29 is 27.6 Å². The van der Waals surface area contributed by atoms with Gasteiger partial charge in [0.15, 0.2) is 11.6 Å². The molecule has 36 heavy (non-hydrogen) atoms. The van der Waals surface area contributed by atoms with Crippen molar-refractivity contribution in [2.45, 2.75) is 56.8 Å². The normalized spacial score (nSPS) is 24.5. The number of hydrogen-bond donors (Lipinski definition) is 1. The monoisotopic (exact) mass is 517 g/mol. The van der Waals surface area contributed by atoms with Crippen molar-refractivity contribution in [2.24, 2.45) is 11.7 Å². The number of hydrogen-bond acceptors (Lipinski definition) is 5. The van der Waals surface area contributed by atoms with Gasteiger partial charge in [0.2, 0.25) is 5.91 Å². The number of nitrogens with zero attached hydrogens (tertiary/aromatic N) is 2. The van der Waals surface area contributed by atoms with Gasteiger partial charge in [-0.25, -0.2) is 13.2 Å². The molecule has 3 heterocycles. The molecule has 3 amide bonds. The number of rotatable bonds is 6. The average Bonchev–Trinajstić information content (AvgIpc) is 3.30. The van der Waals surface area contributed by atoms with Crippen LogP contribution in [0.25, 0.3) is 0 Å². The molecule has 4 atom stereocenters. The molecule has 0 aromatic heterocycles. The lowest BCUT2D eigenvalue weighted by atomic mass is 9.82. The number of halogens is 3. The number of nitrogens with two attached hydrogens (primary N) is 1. The van der Waals surface area contributed by atoms with Gasteiger partial charge in [-0.2, -0.15) is 0 Å². The van der Waals surface area contributed by atoms with Crippen molar-refractivity contribution in [3.05, 3.63) is 70.5 Å². The largest absolute Gasteiger partial charge is 0.333 e. The Morgan fingerprint density at radius 2 is 1.72 bits per heavy atom. The molecule has 3 fully saturated rings. The van der Waals surface area contributed by atoms with E-state index >= 15 is 0 Å². The summed E-state index contributed by atoms with van der Waals surface area (Å²) in [7, 11) is 0.